The second kappa shape index (κ2) is 10.2. The van der Waals surface area contributed by atoms with Crippen LogP contribution in [0.3, 0.4) is 0 Å². The van der Waals surface area contributed by atoms with Gasteiger partial charge in [-0.25, -0.2) is 0 Å². The molecule has 0 fully saturated rings. The molecule has 4 aromatic rings. The van der Waals surface area contributed by atoms with Crippen molar-refractivity contribution in [2.75, 3.05) is 6.61 Å². The molecule has 0 unspecified atom stereocenters. The van der Waals surface area contributed by atoms with Crippen molar-refractivity contribution in [2.45, 2.75) is 6.16 Å². The van der Waals surface area contributed by atoms with Crippen LogP contribution in [0.1, 0.15) is 16.1 Å². The monoisotopic (exact) mass is 439 g/mol. The fraction of sp³-hybridized carbons (Fsp3) is 0.0714. The zero-order valence-corrected chi connectivity index (χ0v) is 18.9. The van der Waals surface area contributed by atoms with Crippen LogP contribution in [-0.2, 0) is 10.9 Å². The molecule has 0 atom stereocenters. The molecule has 1 heterocycles. The van der Waals surface area contributed by atoms with Crippen LogP contribution in [0.15, 0.2) is 122 Å². The van der Waals surface area contributed by atoms with Crippen molar-refractivity contribution >= 4 is 29.1 Å². The normalized spacial score (nSPS) is 11.5. The Morgan fingerprint density at radius 1 is 0.781 bits per heavy atom. The Labute approximate surface area is 189 Å². The van der Waals surface area contributed by atoms with Crippen molar-refractivity contribution < 1.29 is 9.53 Å². The Morgan fingerprint density at radius 3 is 1.69 bits per heavy atom. The molecular weight excluding hydrogens is 413 g/mol. The van der Waals surface area contributed by atoms with E-state index >= 15 is 0 Å². The molecule has 0 bridgehead atoms. The predicted molar refractivity (Wildman–Crippen MR) is 135 cm³/mol. The molecule has 0 saturated carbocycles. The topological polar surface area (TPSA) is 39.2 Å². The molecule has 0 amide bonds. The summed E-state index contributed by atoms with van der Waals surface area (Å²) in [6, 6.07) is 35.9. The number of aromatic nitrogens is 1. The van der Waals surface area contributed by atoms with Gasteiger partial charge in [0.05, 0.1) is 0 Å². The van der Waals surface area contributed by atoms with E-state index in [-0.39, 0.29) is 12.6 Å². The fourth-order valence-electron chi connectivity index (χ4n) is 4.11. The molecule has 4 rings (SSSR count). The number of carbonyl (C=O) groups is 1. The molecule has 4 heteroatoms. The Morgan fingerprint density at radius 2 is 1.28 bits per heavy atom. The Kier molecular flexibility index (Phi) is 6.89. The van der Waals surface area contributed by atoms with Crippen molar-refractivity contribution in [3.05, 3.63) is 133 Å². The number of nitrogens with zero attached hydrogens (tertiary/aromatic N) is 1. The van der Waals surface area contributed by atoms with Gasteiger partial charge in [-0.15, -0.1) is 0 Å². The van der Waals surface area contributed by atoms with E-state index in [9.17, 15) is 4.79 Å². The van der Waals surface area contributed by atoms with E-state index in [0.29, 0.717) is 5.56 Å². The standard InChI is InChI=1S/C28H26NO2P/c1-2-20-31-28(30)23-18-19-24(29-21-23)22-32(25-12-6-3-7-13-25,26-14-8-4-9-15-26)27-16-10-5-11-17-27/h2-19,21,32H,1,20,22H2. The second-order valence-corrected chi connectivity index (χ2v) is 11.5. The zero-order valence-electron chi connectivity index (χ0n) is 17.9. The van der Waals surface area contributed by atoms with Crippen LogP contribution in [0.25, 0.3) is 0 Å². The van der Waals surface area contributed by atoms with Gasteiger partial charge in [0.2, 0.25) is 0 Å². The van der Waals surface area contributed by atoms with E-state index in [4.69, 9.17) is 4.74 Å². The summed E-state index contributed by atoms with van der Waals surface area (Å²) >= 11 is 0. The maximum absolute atomic E-state index is 12.2. The number of pyridine rings is 1. The van der Waals surface area contributed by atoms with E-state index < -0.39 is 7.26 Å². The molecule has 0 spiro atoms. The second-order valence-electron chi connectivity index (χ2n) is 7.61. The van der Waals surface area contributed by atoms with Crippen LogP contribution in [0.2, 0.25) is 0 Å². The average molecular weight is 439 g/mol. The summed E-state index contributed by atoms with van der Waals surface area (Å²) in [5.41, 5.74) is 1.40. The summed E-state index contributed by atoms with van der Waals surface area (Å²) < 4.78 is 5.14. The minimum absolute atomic E-state index is 0.187. The van der Waals surface area contributed by atoms with Gasteiger partial charge in [-0.1, -0.05) is 0 Å². The SMILES string of the molecule is C=CCOC(=O)c1ccc(C[PH](c2ccccc2)(c2ccccc2)c2ccccc2)nc1. The van der Waals surface area contributed by atoms with E-state index in [1.165, 1.54) is 15.9 Å². The van der Waals surface area contributed by atoms with Gasteiger partial charge in [-0.3, -0.25) is 0 Å². The first kappa shape index (κ1) is 21.7. The maximum atomic E-state index is 12.2. The van der Waals surface area contributed by atoms with Crippen LogP contribution in [0.4, 0.5) is 0 Å². The predicted octanol–water partition coefficient (Wildman–Crippen LogP) is 4.65. The molecule has 1 aromatic heterocycles. The molecule has 3 nitrogen and oxygen atoms in total. The van der Waals surface area contributed by atoms with Crippen LogP contribution >= 0.6 is 7.26 Å². The van der Waals surface area contributed by atoms with Crippen molar-refractivity contribution in [1.82, 2.24) is 4.98 Å². The number of rotatable bonds is 8. The van der Waals surface area contributed by atoms with Crippen molar-refractivity contribution in [3.63, 3.8) is 0 Å². The van der Waals surface area contributed by atoms with Gasteiger partial charge in [0, 0.05) is 0 Å². The van der Waals surface area contributed by atoms with Crippen molar-refractivity contribution in [3.8, 4) is 0 Å². The van der Waals surface area contributed by atoms with E-state index in [1.54, 1.807) is 18.3 Å². The van der Waals surface area contributed by atoms with Gasteiger partial charge in [-0.2, -0.15) is 0 Å². The van der Waals surface area contributed by atoms with Gasteiger partial charge >= 0.3 is 190 Å². The molecule has 0 aliphatic rings. The molecular formula is C28H26NO2P. The van der Waals surface area contributed by atoms with Crippen LogP contribution in [-0.4, -0.2) is 17.6 Å². The van der Waals surface area contributed by atoms with Gasteiger partial charge in [0.25, 0.3) is 0 Å². The summed E-state index contributed by atoms with van der Waals surface area (Å²) in [5, 5.41) is 3.98. The summed E-state index contributed by atoms with van der Waals surface area (Å²) in [4.78, 5) is 16.8. The quantitative estimate of drug-likeness (QED) is 0.228. The molecule has 160 valence electrons. The van der Waals surface area contributed by atoms with Gasteiger partial charge in [0.1, 0.15) is 0 Å². The fourth-order valence-corrected chi connectivity index (χ4v) is 8.76. The Balaban J connectivity index is 1.82. The van der Waals surface area contributed by atoms with E-state index in [0.717, 1.165) is 11.9 Å². The third-order valence-electron chi connectivity index (χ3n) is 5.64. The number of carbonyl (C=O) groups excluding carboxylic acids is 1. The number of hydrogen-bond donors (Lipinski definition) is 0. The molecule has 32 heavy (non-hydrogen) atoms. The number of hydrogen-bond acceptors (Lipinski definition) is 3. The van der Waals surface area contributed by atoms with Gasteiger partial charge < -0.3 is 0 Å². The Hall–Kier alpha value is -3.55. The summed E-state index contributed by atoms with van der Waals surface area (Å²) in [7, 11) is -2.42. The first-order chi connectivity index (χ1) is 15.7. The van der Waals surface area contributed by atoms with E-state index in [1.807, 2.05) is 6.07 Å². The van der Waals surface area contributed by atoms with Crippen LogP contribution < -0.4 is 15.9 Å². The van der Waals surface area contributed by atoms with Crippen LogP contribution in [0, 0.1) is 0 Å². The van der Waals surface area contributed by atoms with Crippen LogP contribution in [0.5, 0.6) is 0 Å². The van der Waals surface area contributed by atoms with Crippen molar-refractivity contribution in [1.29, 1.82) is 0 Å². The zero-order chi connectivity index (χ0) is 22.2. The summed E-state index contributed by atoms with van der Waals surface area (Å²) in [6.45, 7) is 3.77. The third-order valence-corrected chi connectivity index (χ3v) is 10.5. The number of esters is 1. The van der Waals surface area contributed by atoms with Gasteiger partial charge in [0.15, 0.2) is 0 Å². The Bertz CT molecular complexity index is 1060. The molecule has 0 N–H and O–H groups in total. The number of ether oxygens (including phenoxy) is 1. The molecule has 0 aliphatic carbocycles. The van der Waals surface area contributed by atoms with Crippen molar-refractivity contribution in [2.24, 2.45) is 0 Å². The average Bonchev–Trinajstić information content (AvgIpc) is 2.88. The summed E-state index contributed by atoms with van der Waals surface area (Å²) in [5.74, 6) is -0.387. The number of benzene rings is 3. The minimum atomic E-state index is -2.42. The van der Waals surface area contributed by atoms with Gasteiger partial charge in [-0.05, 0) is 0 Å². The first-order valence-electron chi connectivity index (χ1n) is 10.6. The molecule has 3 aromatic carbocycles. The summed E-state index contributed by atoms with van der Waals surface area (Å²) in [6.07, 6.45) is 3.95. The third kappa shape index (κ3) is 4.54. The molecule has 0 aliphatic heterocycles. The molecule has 0 radical (unpaired) electrons. The molecule has 0 saturated heterocycles. The van der Waals surface area contributed by atoms with E-state index in [2.05, 4.69) is 103 Å². The first-order valence-corrected chi connectivity index (χ1v) is 12.8.